The van der Waals surface area contributed by atoms with Crippen LogP contribution in [0.3, 0.4) is 0 Å². The van der Waals surface area contributed by atoms with Gasteiger partial charge in [-0.05, 0) is 17.7 Å². The number of carbonyl (C=O) groups is 1. The average Bonchev–Trinajstić information content (AvgIpc) is 2.88. The van der Waals surface area contributed by atoms with Gasteiger partial charge in [-0.3, -0.25) is 4.79 Å². The molecule has 2 aromatic rings. The summed E-state index contributed by atoms with van der Waals surface area (Å²) >= 11 is 0. The van der Waals surface area contributed by atoms with E-state index in [-0.39, 0.29) is 12.3 Å². The number of rotatable bonds is 6. The summed E-state index contributed by atoms with van der Waals surface area (Å²) in [5, 5.41) is 6.69. The number of nitrogens with zero attached hydrogens (tertiary/aromatic N) is 2. The van der Waals surface area contributed by atoms with Gasteiger partial charge in [0.2, 0.25) is 5.91 Å². The highest BCUT2D eigenvalue weighted by atomic mass is 16.7. The van der Waals surface area contributed by atoms with Crippen LogP contribution >= 0.6 is 0 Å². The monoisotopic (exact) mass is 341 g/mol. The van der Waals surface area contributed by atoms with E-state index >= 15 is 0 Å². The molecule has 0 radical (unpaired) electrons. The van der Waals surface area contributed by atoms with Gasteiger partial charge >= 0.3 is 0 Å². The number of aliphatic imine (C=N–C) groups is 1. The maximum Gasteiger partial charge on any atom is 0.225 e. The maximum absolute atomic E-state index is 12.1. The molecule has 0 saturated heterocycles. The average molecular weight is 341 g/mol. The lowest BCUT2D eigenvalue weighted by molar-refractivity contribution is -0.166. The van der Waals surface area contributed by atoms with E-state index in [4.69, 9.17) is 14.6 Å². The van der Waals surface area contributed by atoms with Crippen LogP contribution in [-0.2, 0) is 14.4 Å². The molecule has 2 aromatic carbocycles. The molecule has 0 aromatic heterocycles. The second-order valence-corrected chi connectivity index (χ2v) is 6.25. The molecule has 0 spiro atoms. The molecule has 25 heavy (non-hydrogen) atoms. The molecule has 6 heteroatoms. The number of hydrogen-bond acceptors (Lipinski definition) is 5. The zero-order valence-corrected chi connectivity index (χ0v) is 14.8. The normalized spacial score (nSPS) is 20.0. The lowest BCUT2D eigenvalue weighted by atomic mass is 10.0. The summed E-state index contributed by atoms with van der Waals surface area (Å²) in [5.74, 6) is 0.611. The number of methoxy groups -OCH3 is 1. The fraction of sp³-hybridized carbons (Fsp3) is 0.368. The summed E-state index contributed by atoms with van der Waals surface area (Å²) in [4.78, 5) is 22.7. The number of carbonyl (C=O) groups excluding carboxylic acids is 1. The fourth-order valence-electron chi connectivity index (χ4n) is 3.03. The molecule has 1 amide bonds. The van der Waals surface area contributed by atoms with Gasteiger partial charge in [-0.25, -0.2) is 14.9 Å². The molecular formula is C19H23N3O3. The first-order valence-corrected chi connectivity index (χ1v) is 8.29. The van der Waals surface area contributed by atoms with Crippen molar-refractivity contribution in [1.82, 2.24) is 10.4 Å². The van der Waals surface area contributed by atoms with Crippen molar-refractivity contribution in [3.63, 3.8) is 0 Å². The second kappa shape index (κ2) is 7.21. The molecule has 1 unspecified atom stereocenters. The Kier molecular flexibility index (Phi) is 5.01. The molecule has 132 valence electrons. The van der Waals surface area contributed by atoms with E-state index in [9.17, 15) is 4.79 Å². The fourth-order valence-corrected chi connectivity index (χ4v) is 3.03. The van der Waals surface area contributed by atoms with Gasteiger partial charge in [-0.15, -0.1) is 0 Å². The smallest absolute Gasteiger partial charge is 0.225 e. The van der Waals surface area contributed by atoms with E-state index in [1.165, 1.54) is 0 Å². The van der Waals surface area contributed by atoms with E-state index in [2.05, 4.69) is 23.5 Å². The van der Waals surface area contributed by atoms with Gasteiger partial charge in [-0.1, -0.05) is 42.5 Å². The Morgan fingerprint density at radius 2 is 2.04 bits per heavy atom. The van der Waals surface area contributed by atoms with Crippen LogP contribution in [0.5, 0.6) is 0 Å². The number of fused-ring (bicyclic) bond motifs is 1. The molecule has 0 bridgehead atoms. The van der Waals surface area contributed by atoms with Gasteiger partial charge in [0.05, 0.1) is 13.0 Å². The van der Waals surface area contributed by atoms with Gasteiger partial charge in [0.15, 0.2) is 11.6 Å². The van der Waals surface area contributed by atoms with Crippen molar-refractivity contribution in [2.45, 2.75) is 19.1 Å². The maximum atomic E-state index is 12.1. The summed E-state index contributed by atoms with van der Waals surface area (Å²) in [6.07, 6.45) is 0.148. The lowest BCUT2D eigenvalue weighted by Gasteiger charge is -2.21. The number of amides is 1. The summed E-state index contributed by atoms with van der Waals surface area (Å²) < 4.78 is 4.94. The van der Waals surface area contributed by atoms with Crippen molar-refractivity contribution in [3.05, 3.63) is 48.0 Å². The third-order valence-electron chi connectivity index (χ3n) is 4.12. The third-order valence-corrected chi connectivity index (χ3v) is 4.12. The lowest BCUT2D eigenvalue weighted by Crippen LogP contribution is -2.36. The first kappa shape index (κ1) is 17.4. The minimum Gasteiger partial charge on any atom is -0.383 e. The van der Waals surface area contributed by atoms with Crippen molar-refractivity contribution in [2.24, 2.45) is 4.99 Å². The van der Waals surface area contributed by atoms with Crippen LogP contribution in [0.4, 0.5) is 0 Å². The molecule has 1 atom stereocenters. The first-order valence-electron chi connectivity index (χ1n) is 8.29. The molecule has 1 aliphatic heterocycles. The quantitative estimate of drug-likeness (QED) is 0.819. The van der Waals surface area contributed by atoms with E-state index < -0.39 is 5.72 Å². The zero-order chi connectivity index (χ0) is 17.9. The Hall–Kier alpha value is -2.44. The second-order valence-electron chi connectivity index (χ2n) is 6.25. The molecular weight excluding hydrogens is 318 g/mol. The van der Waals surface area contributed by atoms with Crippen molar-refractivity contribution in [3.8, 4) is 0 Å². The van der Waals surface area contributed by atoms with E-state index in [1.807, 2.05) is 38.2 Å². The molecule has 1 N–H and O–H groups in total. The highest BCUT2D eigenvalue weighted by molar-refractivity contribution is 6.09. The molecule has 0 fully saturated rings. The molecule has 3 rings (SSSR count). The zero-order valence-electron chi connectivity index (χ0n) is 14.8. The van der Waals surface area contributed by atoms with Crippen LogP contribution in [0.1, 0.15) is 18.9 Å². The molecule has 1 aliphatic rings. The van der Waals surface area contributed by atoms with Gasteiger partial charge in [0.1, 0.15) is 0 Å². The topological polar surface area (TPSA) is 63.2 Å². The van der Waals surface area contributed by atoms with Crippen LogP contribution in [0.25, 0.3) is 10.8 Å². The summed E-state index contributed by atoms with van der Waals surface area (Å²) in [6, 6.07) is 14.2. The number of amidine groups is 1. The van der Waals surface area contributed by atoms with Crippen LogP contribution in [-0.4, -0.2) is 49.8 Å². The van der Waals surface area contributed by atoms with E-state index in [0.29, 0.717) is 13.2 Å². The standard InChI is InChI=1S/C19H23N3O3/c1-19(13-17(23)20-11-12-24-3)21-18(22(2)25-19)16-10-6-8-14-7-4-5-9-15(14)16/h4-10H,11-13H2,1-3H3,(H,20,23). The van der Waals surface area contributed by atoms with Gasteiger partial charge in [-0.2, -0.15) is 0 Å². The highest BCUT2D eigenvalue weighted by Crippen LogP contribution is 2.30. The number of benzene rings is 2. The Morgan fingerprint density at radius 1 is 1.28 bits per heavy atom. The van der Waals surface area contributed by atoms with Crippen molar-refractivity contribution >= 4 is 22.5 Å². The van der Waals surface area contributed by atoms with Crippen molar-refractivity contribution < 1.29 is 14.4 Å². The minimum atomic E-state index is -0.918. The van der Waals surface area contributed by atoms with Crippen LogP contribution in [0.15, 0.2) is 47.5 Å². The molecule has 0 aliphatic carbocycles. The summed E-state index contributed by atoms with van der Waals surface area (Å²) in [5.41, 5.74) is 0.0715. The van der Waals surface area contributed by atoms with Crippen molar-refractivity contribution in [2.75, 3.05) is 27.3 Å². The predicted octanol–water partition coefficient (Wildman–Crippen LogP) is 2.33. The Balaban J connectivity index is 1.84. The third kappa shape index (κ3) is 3.81. The number of nitrogens with one attached hydrogen (secondary N) is 1. The number of hydroxylamine groups is 2. The minimum absolute atomic E-state index is 0.115. The number of hydrogen-bond donors (Lipinski definition) is 1. The molecule has 6 nitrogen and oxygen atoms in total. The Bertz CT molecular complexity index is 800. The summed E-state index contributed by atoms with van der Waals surface area (Å²) in [6.45, 7) is 2.77. The largest absolute Gasteiger partial charge is 0.383 e. The van der Waals surface area contributed by atoms with Crippen molar-refractivity contribution in [1.29, 1.82) is 0 Å². The summed E-state index contributed by atoms with van der Waals surface area (Å²) in [7, 11) is 3.41. The molecule has 0 saturated carbocycles. The Labute approximate surface area is 147 Å². The van der Waals surface area contributed by atoms with Gasteiger partial charge < -0.3 is 10.1 Å². The van der Waals surface area contributed by atoms with Crippen LogP contribution in [0, 0.1) is 0 Å². The highest BCUT2D eigenvalue weighted by Gasteiger charge is 2.38. The van der Waals surface area contributed by atoms with Crippen LogP contribution in [0.2, 0.25) is 0 Å². The molecule has 1 heterocycles. The van der Waals surface area contributed by atoms with Gasteiger partial charge in [0, 0.05) is 26.3 Å². The van der Waals surface area contributed by atoms with E-state index in [1.54, 1.807) is 12.2 Å². The predicted molar refractivity (Wildman–Crippen MR) is 97.2 cm³/mol. The number of ether oxygens (including phenoxy) is 1. The van der Waals surface area contributed by atoms with E-state index in [0.717, 1.165) is 22.2 Å². The first-order chi connectivity index (χ1) is 12.0. The van der Waals surface area contributed by atoms with Gasteiger partial charge in [0.25, 0.3) is 0 Å². The van der Waals surface area contributed by atoms with Crippen LogP contribution < -0.4 is 5.32 Å². The SMILES string of the molecule is COCCNC(=O)CC1(C)N=C(c2cccc3ccccc23)N(C)O1. The Morgan fingerprint density at radius 3 is 2.84 bits per heavy atom.